The highest BCUT2D eigenvalue weighted by Crippen LogP contribution is 2.37. The minimum Gasteiger partial charge on any atom is -0.469 e. The van der Waals surface area contributed by atoms with Crippen LogP contribution in [0.5, 0.6) is 0 Å². The lowest BCUT2D eigenvalue weighted by Gasteiger charge is -2.33. The van der Waals surface area contributed by atoms with Gasteiger partial charge >= 0.3 is 0 Å². The van der Waals surface area contributed by atoms with E-state index in [9.17, 15) is 13.8 Å². The molecule has 38 heavy (non-hydrogen) atoms. The molecule has 6 rings (SSSR count). The lowest BCUT2D eigenvalue weighted by Crippen LogP contribution is -2.41. The summed E-state index contributed by atoms with van der Waals surface area (Å²) < 4.78 is 22.6. The summed E-state index contributed by atoms with van der Waals surface area (Å²) in [7, 11) is -3.38. The van der Waals surface area contributed by atoms with Gasteiger partial charge in [0.2, 0.25) is 5.78 Å². The van der Waals surface area contributed by atoms with Crippen molar-refractivity contribution < 1.29 is 18.5 Å². The number of ether oxygens (including phenoxy) is 1. The van der Waals surface area contributed by atoms with Gasteiger partial charge in [0.15, 0.2) is 0 Å². The molecule has 0 aromatic heterocycles. The Morgan fingerprint density at radius 3 is 2.55 bits per heavy atom. The third-order valence-electron chi connectivity index (χ3n) is 7.24. The predicted octanol–water partition coefficient (Wildman–Crippen LogP) is 4.08. The number of hydrogen-bond donors (Lipinski definition) is 3. The summed E-state index contributed by atoms with van der Waals surface area (Å²) >= 11 is 0. The van der Waals surface area contributed by atoms with Crippen molar-refractivity contribution in [1.29, 1.82) is 0 Å². The number of thiol groups is 1. The number of benzene rings is 3. The molecule has 1 aliphatic carbocycles. The molecule has 0 bridgehead atoms. The first-order chi connectivity index (χ1) is 18.4. The highest BCUT2D eigenvalue weighted by atomic mass is 32.3. The topological polar surface area (TPSA) is 114 Å². The van der Waals surface area contributed by atoms with E-state index in [1.54, 1.807) is 24.3 Å². The smallest absolute Gasteiger partial charge is 0.281 e. The number of para-hydroxylation sites is 2. The first-order valence-electron chi connectivity index (χ1n) is 12.6. The van der Waals surface area contributed by atoms with Crippen LogP contribution in [0.4, 0.5) is 16.2 Å². The van der Waals surface area contributed by atoms with E-state index in [1.165, 1.54) is 0 Å². The first kappa shape index (κ1) is 24.3. The maximum Gasteiger partial charge on any atom is 0.281 e. The number of carbonyl (C=O) groups is 2. The number of Topliss-reactive ketones (excluding diaryl/α,β-unsaturated/α-hetero) is 1. The number of anilines is 2. The Bertz CT molecular complexity index is 1550. The van der Waals surface area contributed by atoms with Gasteiger partial charge in [-0.2, -0.15) is 4.40 Å². The second-order valence-electron chi connectivity index (χ2n) is 9.69. The highest BCUT2D eigenvalue weighted by Gasteiger charge is 2.35. The summed E-state index contributed by atoms with van der Waals surface area (Å²) in [6, 6.07) is 22.5. The predicted molar refractivity (Wildman–Crippen MR) is 152 cm³/mol. The van der Waals surface area contributed by atoms with Crippen LogP contribution in [0.1, 0.15) is 21.5 Å². The normalized spacial score (nSPS) is 18.3. The Morgan fingerprint density at radius 1 is 1.03 bits per heavy atom. The Balaban J connectivity index is 1.16. The summed E-state index contributed by atoms with van der Waals surface area (Å²) in [5.74, 6) is -0.359. The molecule has 2 aliphatic heterocycles. The van der Waals surface area contributed by atoms with E-state index in [-0.39, 0.29) is 25.0 Å². The summed E-state index contributed by atoms with van der Waals surface area (Å²) in [5, 5.41) is 9.26. The van der Waals surface area contributed by atoms with Crippen molar-refractivity contribution in [1.82, 2.24) is 0 Å². The lowest BCUT2D eigenvalue weighted by atomic mass is 9.43. The molecular weight excluding hydrogens is 499 g/mol. The van der Waals surface area contributed by atoms with Crippen molar-refractivity contribution in [2.75, 3.05) is 23.3 Å². The largest absolute Gasteiger partial charge is 0.469 e. The Morgan fingerprint density at radius 2 is 1.76 bits per heavy atom. The quantitative estimate of drug-likeness (QED) is 0.330. The molecule has 3 aromatic rings. The van der Waals surface area contributed by atoms with Crippen LogP contribution in [-0.4, -0.2) is 41.4 Å². The Kier molecular flexibility index (Phi) is 6.21. The molecule has 0 atom stereocenters. The van der Waals surface area contributed by atoms with Crippen LogP contribution in [0.3, 0.4) is 0 Å². The van der Waals surface area contributed by atoms with Crippen LogP contribution >= 0.6 is 0 Å². The van der Waals surface area contributed by atoms with Gasteiger partial charge < -0.3 is 15.0 Å². The zero-order chi connectivity index (χ0) is 26.3. The van der Waals surface area contributed by atoms with Crippen LogP contribution in [-0.2, 0) is 21.6 Å². The van der Waals surface area contributed by atoms with Crippen LogP contribution < -0.4 is 15.4 Å². The monoisotopic (exact) mass is 526 g/mol. The molecule has 2 heterocycles. The third-order valence-corrected chi connectivity index (χ3v) is 8.81. The van der Waals surface area contributed by atoms with E-state index in [0.29, 0.717) is 53.2 Å². The van der Waals surface area contributed by atoms with E-state index in [0.717, 1.165) is 16.9 Å². The number of ketones is 1. The zero-order valence-electron chi connectivity index (χ0n) is 20.7. The number of allylic oxidation sites excluding steroid dienone is 2. The SMILES string of the molecule is N[SH]1(=O)N=C2C=C(Nc3ccccc3N3CCB(C(=O)OCc4ccccc4)CC3)C(=O)c3cccc1c32. The van der Waals surface area contributed by atoms with E-state index in [4.69, 9.17) is 9.88 Å². The van der Waals surface area contributed by atoms with E-state index >= 15 is 0 Å². The van der Waals surface area contributed by atoms with Crippen molar-refractivity contribution >= 4 is 45.8 Å². The van der Waals surface area contributed by atoms with Gasteiger partial charge in [-0.15, -0.1) is 0 Å². The van der Waals surface area contributed by atoms with Gasteiger partial charge in [0.25, 0.3) is 12.6 Å². The van der Waals surface area contributed by atoms with Crippen LogP contribution in [0.2, 0.25) is 12.6 Å². The molecule has 3 aliphatic rings. The van der Waals surface area contributed by atoms with Crippen molar-refractivity contribution in [3.8, 4) is 0 Å². The van der Waals surface area contributed by atoms with Crippen molar-refractivity contribution in [2.45, 2.75) is 24.1 Å². The van der Waals surface area contributed by atoms with Gasteiger partial charge in [-0.3, -0.25) is 14.7 Å². The van der Waals surface area contributed by atoms with Crippen molar-refractivity contribution in [3.05, 3.63) is 101 Å². The van der Waals surface area contributed by atoms with E-state index in [1.807, 2.05) is 54.6 Å². The lowest BCUT2D eigenvalue weighted by molar-refractivity contribution is 0.103. The molecule has 192 valence electrons. The fraction of sp³-hybridized carbons (Fsp3) is 0.179. The van der Waals surface area contributed by atoms with Crippen molar-refractivity contribution in [3.63, 3.8) is 0 Å². The minimum atomic E-state index is -3.38. The molecule has 1 saturated heterocycles. The molecule has 0 amide bonds. The Labute approximate surface area is 222 Å². The van der Waals surface area contributed by atoms with Crippen LogP contribution in [0.25, 0.3) is 0 Å². The van der Waals surface area contributed by atoms with E-state index in [2.05, 4.69) is 14.6 Å². The van der Waals surface area contributed by atoms with E-state index < -0.39 is 10.3 Å². The standard InChI is InChI=1S/C28H27BN4O4S/c30-38(36)25-12-6-9-20-26(25)22(32-38)17-23(27(20)34)31-21-10-4-5-11-24(21)33-15-13-29(14-16-33)28(35)37-18-19-7-2-1-3-8-19/h1-12,17,31,38H,13-16,18H2,(H2,30,36). The van der Waals surface area contributed by atoms with Gasteiger partial charge in [-0.05, 0) is 42.5 Å². The second-order valence-corrected chi connectivity index (χ2v) is 11.6. The zero-order valence-corrected chi connectivity index (χ0v) is 21.6. The fourth-order valence-electron chi connectivity index (χ4n) is 5.27. The minimum absolute atomic E-state index is 0.143. The number of hydrogen-bond acceptors (Lipinski definition) is 6. The van der Waals surface area contributed by atoms with Gasteiger partial charge in [0.1, 0.15) is 6.61 Å². The summed E-state index contributed by atoms with van der Waals surface area (Å²) in [6.45, 7) is 1.51. The number of carbonyl (C=O) groups excluding carboxylic acids is 2. The molecule has 10 heteroatoms. The maximum atomic E-state index is 13.3. The molecule has 8 nitrogen and oxygen atoms in total. The third kappa shape index (κ3) is 4.46. The molecule has 0 unspecified atom stereocenters. The van der Waals surface area contributed by atoms with Gasteiger partial charge in [0, 0.05) is 34.5 Å². The summed E-state index contributed by atoms with van der Waals surface area (Å²) in [5.41, 5.74) is 4.52. The van der Waals surface area contributed by atoms with Crippen molar-refractivity contribution in [2.24, 2.45) is 9.54 Å². The summed E-state index contributed by atoms with van der Waals surface area (Å²) in [6.07, 6.45) is 3.00. The summed E-state index contributed by atoms with van der Waals surface area (Å²) in [4.78, 5) is 28.6. The number of nitrogens with one attached hydrogen (secondary N) is 1. The second kappa shape index (κ2) is 9.70. The fourth-order valence-corrected chi connectivity index (χ4v) is 6.71. The van der Waals surface area contributed by atoms with Crippen LogP contribution in [0, 0.1) is 0 Å². The molecule has 1 fully saturated rings. The molecular formula is C28H27BN4O4S. The van der Waals surface area contributed by atoms with Gasteiger partial charge in [0.05, 0.1) is 27.7 Å². The number of rotatable bonds is 6. The highest BCUT2D eigenvalue weighted by molar-refractivity contribution is 8.00. The average molecular weight is 526 g/mol. The number of nitrogens with two attached hydrogens (primary N) is 1. The van der Waals surface area contributed by atoms with Gasteiger partial charge in [-0.1, -0.05) is 54.6 Å². The Hall–Kier alpha value is -4.02. The molecule has 3 N–H and O–H groups in total. The maximum absolute atomic E-state index is 13.3. The first-order valence-corrected chi connectivity index (χ1v) is 14.3. The van der Waals surface area contributed by atoms with Gasteiger partial charge in [-0.25, -0.2) is 4.21 Å². The molecule has 0 saturated carbocycles. The molecule has 3 aromatic carbocycles. The number of nitrogens with zero attached hydrogens (tertiary/aromatic N) is 2. The van der Waals surface area contributed by atoms with Crippen LogP contribution in [0.15, 0.2) is 93.9 Å². The average Bonchev–Trinajstić information content (AvgIpc) is 3.21. The molecule has 0 radical (unpaired) electrons. The molecule has 0 spiro atoms.